The molecule has 86 valence electrons. The summed E-state index contributed by atoms with van der Waals surface area (Å²) in [5.41, 5.74) is 6.83. The summed E-state index contributed by atoms with van der Waals surface area (Å²) in [6.45, 7) is 4.65. The number of hydrogen-bond donors (Lipinski definition) is 1. The minimum atomic E-state index is -0.268. The van der Waals surface area contributed by atoms with Gasteiger partial charge in [-0.05, 0) is 32.5 Å². The molecule has 1 aromatic carbocycles. The Hall–Kier alpha value is -1.42. The molecule has 1 aromatic heterocycles. The van der Waals surface area contributed by atoms with E-state index >= 15 is 0 Å². The van der Waals surface area contributed by atoms with Crippen LogP contribution in [0.2, 0.25) is 0 Å². The number of benzene rings is 1. The van der Waals surface area contributed by atoms with Crippen LogP contribution >= 0.6 is 0 Å². The second kappa shape index (κ2) is 4.22. The molecule has 0 atom stereocenters. The van der Waals surface area contributed by atoms with E-state index in [9.17, 15) is 4.39 Å². The van der Waals surface area contributed by atoms with Crippen molar-refractivity contribution >= 4 is 11.0 Å². The van der Waals surface area contributed by atoms with E-state index in [1.165, 1.54) is 6.07 Å². The predicted octanol–water partition coefficient (Wildman–Crippen LogP) is 2.26. The summed E-state index contributed by atoms with van der Waals surface area (Å²) in [5.74, 6) is 0.591. The van der Waals surface area contributed by atoms with E-state index in [0.29, 0.717) is 18.5 Å². The van der Waals surface area contributed by atoms with E-state index in [4.69, 9.17) is 5.73 Å². The first-order valence-electron chi connectivity index (χ1n) is 5.50. The van der Waals surface area contributed by atoms with Gasteiger partial charge in [0, 0.05) is 12.5 Å². The van der Waals surface area contributed by atoms with Crippen LogP contribution in [-0.2, 0) is 6.42 Å². The molecule has 0 aliphatic rings. The van der Waals surface area contributed by atoms with E-state index in [1.807, 2.05) is 10.6 Å². The predicted molar refractivity (Wildman–Crippen MR) is 62.8 cm³/mol. The van der Waals surface area contributed by atoms with Gasteiger partial charge in [-0.25, -0.2) is 9.37 Å². The van der Waals surface area contributed by atoms with Crippen LogP contribution in [0.1, 0.15) is 25.7 Å². The molecule has 0 saturated carbocycles. The molecule has 2 N–H and O–H groups in total. The smallest absolute Gasteiger partial charge is 0.151 e. The number of imidazole rings is 1. The monoisotopic (exact) mass is 221 g/mol. The van der Waals surface area contributed by atoms with Gasteiger partial charge in [0.15, 0.2) is 5.82 Å². The second-order valence-electron chi connectivity index (χ2n) is 4.14. The summed E-state index contributed by atoms with van der Waals surface area (Å²) >= 11 is 0. The lowest BCUT2D eigenvalue weighted by atomic mass is 10.3. The SMILES string of the molecule is CC(C)n1c(CCN)nc2c(F)cccc21. The summed E-state index contributed by atoms with van der Waals surface area (Å²) in [6.07, 6.45) is 0.673. The zero-order chi connectivity index (χ0) is 11.7. The third-order valence-corrected chi connectivity index (χ3v) is 2.63. The van der Waals surface area contributed by atoms with Gasteiger partial charge in [-0.3, -0.25) is 0 Å². The van der Waals surface area contributed by atoms with E-state index < -0.39 is 0 Å². The second-order valence-corrected chi connectivity index (χ2v) is 4.14. The molecule has 0 radical (unpaired) electrons. The standard InChI is InChI=1S/C12H16FN3/c1-8(2)16-10-5-3-4-9(13)12(10)15-11(16)6-7-14/h3-5,8H,6-7,14H2,1-2H3. The van der Waals surface area contributed by atoms with Crippen molar-refractivity contribution in [2.75, 3.05) is 6.54 Å². The Morgan fingerprint density at radius 3 is 2.81 bits per heavy atom. The van der Waals surface area contributed by atoms with Gasteiger partial charge in [0.2, 0.25) is 0 Å². The lowest BCUT2D eigenvalue weighted by Crippen LogP contribution is -2.11. The minimum Gasteiger partial charge on any atom is -0.330 e. The first kappa shape index (κ1) is 11.1. The molecular weight excluding hydrogens is 205 g/mol. The Morgan fingerprint density at radius 2 is 2.19 bits per heavy atom. The molecule has 16 heavy (non-hydrogen) atoms. The number of hydrogen-bond acceptors (Lipinski definition) is 2. The van der Waals surface area contributed by atoms with Crippen molar-refractivity contribution in [3.8, 4) is 0 Å². The number of halogens is 1. The average Bonchev–Trinajstić information content (AvgIpc) is 2.58. The lowest BCUT2D eigenvalue weighted by molar-refractivity contribution is 0.584. The van der Waals surface area contributed by atoms with E-state index in [-0.39, 0.29) is 11.9 Å². The average molecular weight is 221 g/mol. The molecule has 3 nitrogen and oxygen atoms in total. The van der Waals surface area contributed by atoms with Crippen LogP contribution in [0, 0.1) is 5.82 Å². The molecule has 0 aliphatic carbocycles. The first-order chi connectivity index (χ1) is 7.65. The van der Waals surface area contributed by atoms with E-state index in [2.05, 4.69) is 18.8 Å². The molecule has 0 bridgehead atoms. The quantitative estimate of drug-likeness (QED) is 0.864. The Morgan fingerprint density at radius 1 is 1.44 bits per heavy atom. The number of para-hydroxylation sites is 1. The van der Waals surface area contributed by atoms with Crippen molar-refractivity contribution in [1.82, 2.24) is 9.55 Å². The van der Waals surface area contributed by atoms with Crippen LogP contribution in [0.15, 0.2) is 18.2 Å². The van der Waals surface area contributed by atoms with Gasteiger partial charge >= 0.3 is 0 Å². The molecule has 2 aromatic rings. The van der Waals surface area contributed by atoms with Crippen LogP contribution in [-0.4, -0.2) is 16.1 Å². The zero-order valence-corrected chi connectivity index (χ0v) is 9.57. The van der Waals surface area contributed by atoms with Crippen LogP contribution in [0.25, 0.3) is 11.0 Å². The molecule has 0 aliphatic heterocycles. The molecule has 2 rings (SSSR count). The van der Waals surface area contributed by atoms with Crippen LogP contribution in [0.5, 0.6) is 0 Å². The summed E-state index contributed by atoms with van der Waals surface area (Å²) in [7, 11) is 0. The summed E-state index contributed by atoms with van der Waals surface area (Å²) in [6, 6.07) is 5.30. The van der Waals surface area contributed by atoms with Crippen molar-refractivity contribution in [2.45, 2.75) is 26.3 Å². The Balaban J connectivity index is 2.70. The van der Waals surface area contributed by atoms with Crippen LogP contribution < -0.4 is 5.73 Å². The number of rotatable bonds is 3. The lowest BCUT2D eigenvalue weighted by Gasteiger charge is -2.12. The van der Waals surface area contributed by atoms with Crippen molar-refractivity contribution in [3.05, 3.63) is 29.8 Å². The van der Waals surface area contributed by atoms with Crippen molar-refractivity contribution in [2.24, 2.45) is 5.73 Å². The fraction of sp³-hybridized carbons (Fsp3) is 0.417. The number of nitrogens with two attached hydrogens (primary N) is 1. The fourth-order valence-electron chi connectivity index (χ4n) is 2.01. The summed E-state index contributed by atoms with van der Waals surface area (Å²) in [4.78, 5) is 4.33. The highest BCUT2D eigenvalue weighted by Crippen LogP contribution is 2.23. The molecule has 0 unspecified atom stereocenters. The highest BCUT2D eigenvalue weighted by Gasteiger charge is 2.14. The number of aromatic nitrogens is 2. The fourth-order valence-corrected chi connectivity index (χ4v) is 2.01. The maximum Gasteiger partial charge on any atom is 0.151 e. The van der Waals surface area contributed by atoms with Crippen molar-refractivity contribution < 1.29 is 4.39 Å². The Labute approximate surface area is 94.1 Å². The topological polar surface area (TPSA) is 43.8 Å². The van der Waals surface area contributed by atoms with E-state index in [1.54, 1.807) is 6.07 Å². The molecule has 0 amide bonds. The summed E-state index contributed by atoms with van der Waals surface area (Å²) in [5, 5.41) is 0. The Bertz CT molecular complexity index is 502. The molecule has 4 heteroatoms. The summed E-state index contributed by atoms with van der Waals surface area (Å²) < 4.78 is 15.6. The van der Waals surface area contributed by atoms with Crippen molar-refractivity contribution in [3.63, 3.8) is 0 Å². The number of nitrogens with zero attached hydrogens (tertiary/aromatic N) is 2. The minimum absolute atomic E-state index is 0.258. The van der Waals surface area contributed by atoms with Gasteiger partial charge in [0.05, 0.1) is 5.52 Å². The first-order valence-corrected chi connectivity index (χ1v) is 5.50. The molecule has 0 saturated heterocycles. The molecule has 1 heterocycles. The van der Waals surface area contributed by atoms with E-state index in [0.717, 1.165) is 11.3 Å². The van der Waals surface area contributed by atoms with Gasteiger partial charge in [-0.2, -0.15) is 0 Å². The highest BCUT2D eigenvalue weighted by atomic mass is 19.1. The maximum absolute atomic E-state index is 13.6. The normalized spacial score (nSPS) is 11.6. The zero-order valence-electron chi connectivity index (χ0n) is 9.57. The van der Waals surface area contributed by atoms with Gasteiger partial charge in [-0.1, -0.05) is 6.07 Å². The van der Waals surface area contributed by atoms with Crippen molar-refractivity contribution in [1.29, 1.82) is 0 Å². The third-order valence-electron chi connectivity index (χ3n) is 2.63. The maximum atomic E-state index is 13.6. The van der Waals surface area contributed by atoms with Gasteiger partial charge < -0.3 is 10.3 Å². The highest BCUT2D eigenvalue weighted by molar-refractivity contribution is 5.76. The molecule has 0 fully saturated rings. The number of fused-ring (bicyclic) bond motifs is 1. The van der Waals surface area contributed by atoms with Crippen LogP contribution in [0.3, 0.4) is 0 Å². The van der Waals surface area contributed by atoms with Crippen LogP contribution in [0.4, 0.5) is 4.39 Å². The van der Waals surface area contributed by atoms with Gasteiger partial charge in [-0.15, -0.1) is 0 Å². The third kappa shape index (κ3) is 1.69. The largest absolute Gasteiger partial charge is 0.330 e. The van der Waals surface area contributed by atoms with Gasteiger partial charge in [0.25, 0.3) is 0 Å². The van der Waals surface area contributed by atoms with Gasteiger partial charge in [0.1, 0.15) is 11.3 Å². The Kier molecular flexibility index (Phi) is 2.92. The molecule has 0 spiro atoms. The molecular formula is C12H16FN3.